The molecular weight excluding hydrogens is 662 g/mol. The second-order valence-corrected chi connectivity index (χ2v) is 11.9. The van der Waals surface area contributed by atoms with Crippen LogP contribution in [0.5, 0.6) is 0 Å². The second-order valence-electron chi connectivity index (χ2n) is 10.9. The molecule has 3 saturated carbocycles. The van der Waals surface area contributed by atoms with Gasteiger partial charge in [-0.15, -0.1) is 12.8 Å². The molecule has 6 nitrogen and oxygen atoms in total. The normalized spacial score (nSPS) is 13.8. The van der Waals surface area contributed by atoms with Gasteiger partial charge in [0.25, 0.3) is 5.91 Å². The molecule has 0 aromatic heterocycles. The van der Waals surface area contributed by atoms with Crippen LogP contribution in [0.15, 0.2) is 91.0 Å². The minimum absolute atomic E-state index is 0.0519. The van der Waals surface area contributed by atoms with Crippen molar-refractivity contribution in [2.75, 3.05) is 11.9 Å². The van der Waals surface area contributed by atoms with E-state index in [0.29, 0.717) is 42.8 Å². The van der Waals surface area contributed by atoms with E-state index < -0.39 is 0 Å². The lowest BCUT2D eigenvalue weighted by atomic mass is 10.1. The van der Waals surface area contributed by atoms with Crippen LogP contribution in [0.3, 0.4) is 0 Å². The lowest BCUT2D eigenvalue weighted by molar-refractivity contribution is -0.120. The van der Waals surface area contributed by atoms with E-state index in [4.69, 9.17) is 30.2 Å². The SMILES string of the molecule is C#CCBr.C#CCN(C(=O)c1ccccc1)C1CC1.NC1CC1.O=C(Cc1ccccc1)NC1CC1.O=C(Cl)Cc1ccccc1. The van der Waals surface area contributed by atoms with Crippen LogP contribution in [0.25, 0.3) is 0 Å². The predicted octanol–water partition coefficient (Wildman–Crippen LogP) is 6.55. The molecule has 2 amide bonds. The average molecular weight is 705 g/mol. The van der Waals surface area contributed by atoms with Gasteiger partial charge in [0.15, 0.2) is 0 Å². The summed E-state index contributed by atoms with van der Waals surface area (Å²) in [7, 11) is 0. The molecule has 0 atom stereocenters. The number of rotatable bonds is 8. The quantitative estimate of drug-likeness (QED) is 0.158. The lowest BCUT2D eigenvalue weighted by Gasteiger charge is -2.19. The number of carbonyl (C=O) groups is 3. The van der Waals surface area contributed by atoms with Crippen molar-refractivity contribution in [3.8, 4) is 24.7 Å². The van der Waals surface area contributed by atoms with Gasteiger partial charge in [0.1, 0.15) is 0 Å². The van der Waals surface area contributed by atoms with Crippen LogP contribution in [0.2, 0.25) is 0 Å². The van der Waals surface area contributed by atoms with Crippen LogP contribution < -0.4 is 11.1 Å². The van der Waals surface area contributed by atoms with Gasteiger partial charge in [0, 0.05) is 30.1 Å². The highest BCUT2D eigenvalue weighted by atomic mass is 79.9. The Kier molecular flexibility index (Phi) is 18.8. The van der Waals surface area contributed by atoms with Crippen molar-refractivity contribution in [1.29, 1.82) is 0 Å². The first-order chi connectivity index (χ1) is 22.3. The van der Waals surface area contributed by atoms with Crippen molar-refractivity contribution in [2.24, 2.45) is 5.73 Å². The van der Waals surface area contributed by atoms with Gasteiger partial charge >= 0.3 is 0 Å². The number of benzene rings is 3. The fourth-order valence-electron chi connectivity index (χ4n) is 3.74. The Morgan fingerprint density at radius 2 is 1.24 bits per heavy atom. The molecule has 0 radical (unpaired) electrons. The predicted molar refractivity (Wildman–Crippen MR) is 191 cm³/mol. The van der Waals surface area contributed by atoms with E-state index in [2.05, 4.69) is 33.1 Å². The van der Waals surface area contributed by atoms with E-state index >= 15 is 0 Å². The summed E-state index contributed by atoms with van der Waals surface area (Å²) in [6.45, 7) is 0.415. The summed E-state index contributed by atoms with van der Waals surface area (Å²) in [4.78, 5) is 35.6. The number of hydrogen-bond donors (Lipinski definition) is 2. The van der Waals surface area contributed by atoms with Crippen LogP contribution in [-0.4, -0.2) is 52.0 Å². The molecule has 3 aromatic rings. The molecule has 3 aliphatic rings. The number of amides is 2. The largest absolute Gasteiger partial charge is 0.353 e. The van der Waals surface area contributed by atoms with Crippen molar-refractivity contribution < 1.29 is 14.4 Å². The van der Waals surface area contributed by atoms with Crippen molar-refractivity contribution in [1.82, 2.24) is 10.2 Å². The van der Waals surface area contributed by atoms with Gasteiger partial charge in [-0.3, -0.25) is 14.4 Å². The molecule has 6 rings (SSSR count). The van der Waals surface area contributed by atoms with E-state index in [1.54, 1.807) is 4.90 Å². The van der Waals surface area contributed by atoms with Crippen LogP contribution in [0.1, 0.15) is 60.0 Å². The second kappa shape index (κ2) is 22.6. The monoisotopic (exact) mass is 703 g/mol. The molecule has 46 heavy (non-hydrogen) atoms. The Morgan fingerprint density at radius 1 is 0.783 bits per heavy atom. The smallest absolute Gasteiger partial charge is 0.254 e. The molecule has 0 spiro atoms. The van der Waals surface area contributed by atoms with E-state index in [9.17, 15) is 14.4 Å². The van der Waals surface area contributed by atoms with Crippen LogP contribution >= 0.6 is 27.5 Å². The number of nitrogens with one attached hydrogen (secondary N) is 1. The van der Waals surface area contributed by atoms with E-state index in [1.165, 1.54) is 12.8 Å². The number of terminal acetylenes is 2. The van der Waals surface area contributed by atoms with Crippen molar-refractivity contribution in [2.45, 2.75) is 69.5 Å². The number of halogens is 2. The topological polar surface area (TPSA) is 92.5 Å². The highest BCUT2D eigenvalue weighted by Gasteiger charge is 2.32. The Labute approximate surface area is 287 Å². The van der Waals surface area contributed by atoms with Gasteiger partial charge in [-0.1, -0.05) is 107 Å². The molecule has 3 N–H and O–H groups in total. The molecule has 242 valence electrons. The lowest BCUT2D eigenvalue weighted by Crippen LogP contribution is -2.33. The van der Waals surface area contributed by atoms with Gasteiger partial charge in [0.2, 0.25) is 11.1 Å². The van der Waals surface area contributed by atoms with Crippen LogP contribution in [0, 0.1) is 24.7 Å². The molecule has 0 heterocycles. The third kappa shape index (κ3) is 18.8. The number of carbonyl (C=O) groups excluding carboxylic acids is 3. The number of nitrogens with two attached hydrogens (primary N) is 1. The summed E-state index contributed by atoms with van der Waals surface area (Å²) in [5.41, 5.74) is 7.99. The standard InChI is InChI=1S/C13H13NO.C11H13NO.C8H7ClO.C3H3Br.C3H7N/c1-2-10-14(12-8-9-12)13(15)11-6-4-3-5-7-11;13-11(12-10-6-7-10)8-9-4-2-1-3-5-9;9-8(10)6-7-4-2-1-3-5-7;1-2-3-4;4-3-1-2-3/h1,3-7,12H,8-10H2;1-5,10H,6-8H2,(H,12,13);1-5H,6H2;1H,3H2;3H,1-2,4H2. The summed E-state index contributed by atoms with van der Waals surface area (Å²) in [6.07, 6.45) is 17.8. The highest BCUT2D eigenvalue weighted by Crippen LogP contribution is 2.27. The summed E-state index contributed by atoms with van der Waals surface area (Å²) in [5, 5.41) is 3.31. The Hall–Kier alpha value is -3.88. The fraction of sp³-hybridized carbons (Fsp3) is 0.342. The van der Waals surface area contributed by atoms with Crippen LogP contribution in [-0.2, 0) is 22.4 Å². The van der Waals surface area contributed by atoms with Gasteiger partial charge in [-0.2, -0.15) is 0 Å². The minimum atomic E-state index is -0.314. The highest BCUT2D eigenvalue weighted by molar-refractivity contribution is 9.09. The van der Waals surface area contributed by atoms with Crippen molar-refractivity contribution in [3.63, 3.8) is 0 Å². The molecule has 0 unspecified atom stereocenters. The molecule has 0 bridgehead atoms. The molecule has 3 aliphatic carbocycles. The molecule has 0 saturated heterocycles. The zero-order chi connectivity index (χ0) is 33.6. The van der Waals surface area contributed by atoms with Gasteiger partial charge < -0.3 is 16.0 Å². The summed E-state index contributed by atoms with van der Waals surface area (Å²) in [5.74, 6) is 5.09. The Balaban J connectivity index is 0.000000217. The van der Waals surface area contributed by atoms with Crippen molar-refractivity contribution in [3.05, 3.63) is 108 Å². The molecule has 8 heteroatoms. The average Bonchev–Trinajstić information content (AvgIpc) is 3.91. The van der Waals surface area contributed by atoms with E-state index in [0.717, 1.165) is 42.4 Å². The molecular formula is C38H43BrClN3O3. The van der Waals surface area contributed by atoms with Gasteiger partial charge in [0.05, 0.1) is 18.3 Å². The summed E-state index contributed by atoms with van der Waals surface area (Å²) in [6, 6.07) is 30.0. The maximum absolute atomic E-state index is 12.0. The number of nitrogens with zero attached hydrogens (tertiary/aromatic N) is 1. The van der Waals surface area contributed by atoms with Gasteiger partial charge in [-0.05, 0) is 73.4 Å². The first-order valence-electron chi connectivity index (χ1n) is 15.4. The first-order valence-corrected chi connectivity index (χ1v) is 16.9. The number of hydrogen-bond acceptors (Lipinski definition) is 4. The molecule has 3 fully saturated rings. The summed E-state index contributed by atoms with van der Waals surface area (Å²) < 4.78 is 0. The summed E-state index contributed by atoms with van der Waals surface area (Å²) >= 11 is 8.19. The molecule has 0 aliphatic heterocycles. The van der Waals surface area contributed by atoms with Gasteiger partial charge in [-0.25, -0.2) is 0 Å². The third-order valence-corrected chi connectivity index (χ3v) is 7.02. The maximum atomic E-state index is 12.0. The van der Waals surface area contributed by atoms with Crippen LogP contribution in [0.4, 0.5) is 0 Å². The fourth-order valence-corrected chi connectivity index (χ4v) is 3.89. The molecule has 3 aromatic carbocycles. The Morgan fingerprint density at radius 3 is 1.61 bits per heavy atom. The maximum Gasteiger partial charge on any atom is 0.254 e. The first kappa shape index (κ1) is 38.3. The van der Waals surface area contributed by atoms with E-state index in [1.807, 2.05) is 91.0 Å². The zero-order valence-electron chi connectivity index (χ0n) is 26.1. The zero-order valence-corrected chi connectivity index (χ0v) is 28.5. The third-order valence-electron chi connectivity index (χ3n) is 6.57. The minimum Gasteiger partial charge on any atom is -0.353 e. The number of alkyl halides is 1. The Bertz CT molecular complexity index is 1400. The van der Waals surface area contributed by atoms with E-state index in [-0.39, 0.29) is 17.1 Å². The van der Waals surface area contributed by atoms with Crippen molar-refractivity contribution >= 4 is 44.6 Å².